The molecule has 2 aromatic carbocycles. The second-order valence-corrected chi connectivity index (χ2v) is 5.39. The minimum atomic E-state index is -0.445. The third kappa shape index (κ3) is 4.13. The topological polar surface area (TPSA) is 29.5 Å². The Balaban J connectivity index is 2.27. The maximum Gasteiger partial charge on any atom is 0.263 e. The molecule has 0 saturated carbocycles. The van der Waals surface area contributed by atoms with Gasteiger partial charge in [-0.15, -0.1) is 0 Å². The quantitative estimate of drug-likeness (QED) is 0.759. The molecule has 0 radical (unpaired) electrons. The van der Waals surface area contributed by atoms with Crippen molar-refractivity contribution in [1.29, 1.82) is 0 Å². The Labute approximate surface area is 138 Å². The minimum absolute atomic E-state index is 0.0559. The minimum Gasteiger partial charge on any atom is -0.480 e. The Morgan fingerprint density at radius 1 is 0.957 bits per heavy atom. The third-order valence-corrected chi connectivity index (χ3v) is 3.96. The van der Waals surface area contributed by atoms with Gasteiger partial charge in [-0.25, -0.2) is 0 Å². The van der Waals surface area contributed by atoms with Gasteiger partial charge < -0.3 is 9.64 Å². The van der Waals surface area contributed by atoms with Crippen molar-refractivity contribution in [2.24, 2.45) is 0 Å². The number of hydrogen-bond acceptors (Lipinski definition) is 2. The molecule has 0 spiro atoms. The van der Waals surface area contributed by atoms with Crippen LogP contribution in [0, 0.1) is 0 Å². The zero-order chi connectivity index (χ0) is 16.7. The van der Waals surface area contributed by atoms with Crippen LogP contribution in [-0.4, -0.2) is 30.0 Å². The number of hydrogen-bond donors (Lipinski definition) is 0. The average Bonchev–Trinajstić information content (AvgIpc) is 2.61. The van der Waals surface area contributed by atoms with Crippen LogP contribution in [0.2, 0.25) is 0 Å². The molecule has 0 saturated heterocycles. The first kappa shape index (κ1) is 17.1. The van der Waals surface area contributed by atoms with Gasteiger partial charge in [0.2, 0.25) is 0 Å². The first-order chi connectivity index (χ1) is 11.2. The van der Waals surface area contributed by atoms with Gasteiger partial charge in [-0.2, -0.15) is 0 Å². The maximum absolute atomic E-state index is 12.6. The van der Waals surface area contributed by atoms with Gasteiger partial charge in [-0.05, 0) is 31.9 Å². The highest BCUT2D eigenvalue weighted by Gasteiger charge is 2.23. The van der Waals surface area contributed by atoms with Crippen molar-refractivity contribution in [2.75, 3.05) is 13.1 Å². The number of para-hydroxylation sites is 1. The van der Waals surface area contributed by atoms with E-state index >= 15 is 0 Å². The predicted molar refractivity (Wildman–Crippen MR) is 94.5 cm³/mol. The van der Waals surface area contributed by atoms with Gasteiger partial charge in [0, 0.05) is 18.7 Å². The fraction of sp³-hybridized carbons (Fsp3) is 0.350. The SMILES string of the molecule is CC[C@H](Oc1ccccc1-c1ccccc1)C(=O)N(CC)CC. The number of amides is 1. The van der Waals surface area contributed by atoms with Crippen molar-refractivity contribution in [3.05, 3.63) is 54.6 Å². The molecule has 0 bridgehead atoms. The summed E-state index contributed by atoms with van der Waals surface area (Å²) < 4.78 is 6.10. The summed E-state index contributed by atoms with van der Waals surface area (Å²) >= 11 is 0. The van der Waals surface area contributed by atoms with Crippen LogP contribution in [0.1, 0.15) is 27.2 Å². The van der Waals surface area contributed by atoms with Gasteiger partial charge in [0.1, 0.15) is 5.75 Å². The molecule has 1 amide bonds. The summed E-state index contributed by atoms with van der Waals surface area (Å²) in [6.45, 7) is 7.38. The van der Waals surface area contributed by atoms with Gasteiger partial charge in [0.15, 0.2) is 6.10 Å². The molecule has 0 unspecified atom stereocenters. The molecule has 0 N–H and O–H groups in total. The van der Waals surface area contributed by atoms with Gasteiger partial charge in [-0.3, -0.25) is 4.79 Å². The molecule has 122 valence electrons. The zero-order valence-corrected chi connectivity index (χ0v) is 14.2. The van der Waals surface area contributed by atoms with Crippen molar-refractivity contribution in [1.82, 2.24) is 4.90 Å². The summed E-state index contributed by atoms with van der Waals surface area (Å²) in [5, 5.41) is 0. The molecule has 3 nitrogen and oxygen atoms in total. The van der Waals surface area contributed by atoms with Crippen molar-refractivity contribution in [3.8, 4) is 16.9 Å². The first-order valence-electron chi connectivity index (χ1n) is 8.31. The highest BCUT2D eigenvalue weighted by atomic mass is 16.5. The van der Waals surface area contributed by atoms with Gasteiger partial charge in [-0.1, -0.05) is 55.5 Å². The van der Waals surface area contributed by atoms with Gasteiger partial charge in [0.05, 0.1) is 0 Å². The Morgan fingerprint density at radius 3 is 2.17 bits per heavy atom. The van der Waals surface area contributed by atoms with Crippen LogP contribution in [0.3, 0.4) is 0 Å². The highest BCUT2D eigenvalue weighted by molar-refractivity contribution is 5.81. The first-order valence-corrected chi connectivity index (χ1v) is 8.31. The summed E-state index contributed by atoms with van der Waals surface area (Å²) in [6, 6.07) is 18.0. The largest absolute Gasteiger partial charge is 0.480 e. The summed E-state index contributed by atoms with van der Waals surface area (Å²) in [5.41, 5.74) is 2.10. The van der Waals surface area contributed by atoms with Crippen LogP contribution in [0.5, 0.6) is 5.75 Å². The van der Waals surface area contributed by atoms with E-state index in [0.29, 0.717) is 19.5 Å². The molecule has 3 heteroatoms. The lowest BCUT2D eigenvalue weighted by molar-refractivity contribution is -0.138. The molecular weight excluding hydrogens is 286 g/mol. The number of benzene rings is 2. The van der Waals surface area contributed by atoms with E-state index in [-0.39, 0.29) is 5.91 Å². The van der Waals surface area contributed by atoms with E-state index in [1.54, 1.807) is 0 Å². The number of carbonyl (C=O) groups is 1. The number of ether oxygens (including phenoxy) is 1. The Kier molecular flexibility index (Phi) is 6.21. The summed E-state index contributed by atoms with van der Waals surface area (Å²) in [6.07, 6.45) is 0.207. The van der Waals surface area contributed by atoms with E-state index in [0.717, 1.165) is 16.9 Å². The van der Waals surface area contributed by atoms with Crippen LogP contribution in [0.25, 0.3) is 11.1 Å². The second kappa shape index (κ2) is 8.37. The Hall–Kier alpha value is -2.29. The Morgan fingerprint density at radius 2 is 1.57 bits per heavy atom. The standard InChI is InChI=1S/C20H25NO2/c1-4-18(20(22)21(5-2)6-3)23-19-15-11-10-14-17(19)16-12-8-7-9-13-16/h7-15,18H,4-6H2,1-3H3/t18-/m0/s1. The average molecular weight is 311 g/mol. The van der Waals surface area contributed by atoms with Crippen molar-refractivity contribution >= 4 is 5.91 Å². The molecule has 0 heterocycles. The second-order valence-electron chi connectivity index (χ2n) is 5.39. The van der Waals surface area contributed by atoms with Crippen LogP contribution < -0.4 is 4.74 Å². The predicted octanol–water partition coefficient (Wildman–Crippen LogP) is 4.38. The lowest BCUT2D eigenvalue weighted by Crippen LogP contribution is -2.41. The van der Waals surface area contributed by atoms with E-state index in [1.165, 1.54) is 0 Å². The molecule has 2 aromatic rings. The van der Waals surface area contributed by atoms with Crippen LogP contribution in [-0.2, 0) is 4.79 Å². The Bertz CT molecular complexity index is 621. The van der Waals surface area contributed by atoms with Gasteiger partial charge >= 0.3 is 0 Å². The lowest BCUT2D eigenvalue weighted by Gasteiger charge is -2.25. The fourth-order valence-electron chi connectivity index (χ4n) is 2.63. The third-order valence-electron chi connectivity index (χ3n) is 3.96. The number of rotatable bonds is 7. The molecule has 0 aromatic heterocycles. The van der Waals surface area contributed by atoms with Crippen molar-refractivity contribution in [2.45, 2.75) is 33.3 Å². The molecule has 23 heavy (non-hydrogen) atoms. The van der Waals surface area contributed by atoms with Crippen LogP contribution in [0.4, 0.5) is 0 Å². The zero-order valence-electron chi connectivity index (χ0n) is 14.2. The number of carbonyl (C=O) groups excluding carboxylic acids is 1. The summed E-state index contributed by atoms with van der Waals surface area (Å²) in [7, 11) is 0. The van der Waals surface area contributed by atoms with E-state index in [2.05, 4.69) is 12.1 Å². The summed E-state index contributed by atoms with van der Waals surface area (Å²) in [5.74, 6) is 0.812. The fourth-order valence-corrected chi connectivity index (χ4v) is 2.63. The maximum atomic E-state index is 12.6. The van der Waals surface area contributed by atoms with Crippen LogP contribution >= 0.6 is 0 Å². The molecule has 0 aliphatic heterocycles. The highest BCUT2D eigenvalue weighted by Crippen LogP contribution is 2.30. The molecular formula is C20H25NO2. The molecule has 0 fully saturated rings. The molecule has 0 aliphatic carbocycles. The smallest absolute Gasteiger partial charge is 0.263 e. The molecule has 1 atom stereocenters. The van der Waals surface area contributed by atoms with Gasteiger partial charge in [0.25, 0.3) is 5.91 Å². The normalized spacial score (nSPS) is 11.8. The van der Waals surface area contributed by atoms with Crippen molar-refractivity contribution in [3.63, 3.8) is 0 Å². The summed E-state index contributed by atoms with van der Waals surface area (Å²) in [4.78, 5) is 14.4. The van der Waals surface area contributed by atoms with E-state index in [4.69, 9.17) is 4.74 Å². The molecule has 2 rings (SSSR count). The monoisotopic (exact) mass is 311 g/mol. The number of nitrogens with zero attached hydrogens (tertiary/aromatic N) is 1. The van der Waals surface area contributed by atoms with E-state index < -0.39 is 6.10 Å². The van der Waals surface area contributed by atoms with Crippen molar-refractivity contribution < 1.29 is 9.53 Å². The van der Waals surface area contributed by atoms with E-state index in [9.17, 15) is 4.79 Å². The molecule has 0 aliphatic rings. The lowest BCUT2D eigenvalue weighted by atomic mass is 10.0. The van der Waals surface area contributed by atoms with E-state index in [1.807, 2.05) is 68.1 Å². The number of likely N-dealkylation sites (N-methyl/N-ethyl adjacent to an activating group) is 1. The van der Waals surface area contributed by atoms with Crippen LogP contribution in [0.15, 0.2) is 54.6 Å².